The third kappa shape index (κ3) is 2.84. The first-order chi connectivity index (χ1) is 10.6. The molecule has 2 heterocycles. The Bertz CT molecular complexity index is 881. The molecular weight excluding hydrogens is 300 g/mol. The molecule has 1 N–H and O–H groups in total. The van der Waals surface area contributed by atoms with Crippen molar-refractivity contribution in [1.82, 2.24) is 14.8 Å². The van der Waals surface area contributed by atoms with Gasteiger partial charge in [-0.3, -0.25) is 9.89 Å². The lowest BCUT2D eigenvalue weighted by molar-refractivity contribution is 0.835. The van der Waals surface area contributed by atoms with Gasteiger partial charge >= 0.3 is 0 Å². The van der Waals surface area contributed by atoms with E-state index in [1.807, 2.05) is 25.1 Å². The highest BCUT2D eigenvalue weighted by Gasteiger charge is 2.10. The van der Waals surface area contributed by atoms with Crippen LogP contribution in [0, 0.1) is 6.92 Å². The van der Waals surface area contributed by atoms with Crippen molar-refractivity contribution in [3.8, 4) is 5.69 Å². The van der Waals surface area contributed by atoms with Gasteiger partial charge in [0, 0.05) is 23.1 Å². The third-order valence-electron chi connectivity index (χ3n) is 3.16. The zero-order valence-corrected chi connectivity index (χ0v) is 12.6. The molecule has 0 spiro atoms. The van der Waals surface area contributed by atoms with Crippen LogP contribution in [-0.4, -0.2) is 21.0 Å². The van der Waals surface area contributed by atoms with E-state index >= 15 is 0 Å². The number of aryl methyl sites for hydroxylation is 1. The minimum atomic E-state index is -0.181. The number of nitrogens with zero attached hydrogens (tertiary/aromatic N) is 3. The Balaban J connectivity index is 2.01. The topological polar surface area (TPSA) is 63.0 Å². The van der Waals surface area contributed by atoms with Crippen molar-refractivity contribution in [3.63, 3.8) is 0 Å². The number of aromatic amines is 1. The summed E-state index contributed by atoms with van der Waals surface area (Å²) in [5, 5.41) is 3.60. The van der Waals surface area contributed by atoms with Gasteiger partial charge in [-0.15, -0.1) is 0 Å². The first-order valence-corrected chi connectivity index (χ1v) is 7.05. The van der Waals surface area contributed by atoms with Crippen molar-refractivity contribution in [2.24, 2.45) is 4.99 Å². The number of rotatable bonds is 3. The molecule has 0 amide bonds. The number of benzene rings is 1. The molecular formula is C16H13ClN4O. The fraction of sp³-hybridized carbons (Fsp3) is 0.0625. The molecule has 110 valence electrons. The fourth-order valence-electron chi connectivity index (χ4n) is 2.07. The van der Waals surface area contributed by atoms with Crippen LogP contribution in [0.3, 0.4) is 0 Å². The van der Waals surface area contributed by atoms with Gasteiger partial charge in [0.25, 0.3) is 5.56 Å². The maximum Gasteiger partial charge on any atom is 0.280 e. The van der Waals surface area contributed by atoms with Gasteiger partial charge in [0.05, 0.1) is 11.3 Å². The normalized spacial score (nSPS) is 11.2. The van der Waals surface area contributed by atoms with E-state index in [9.17, 15) is 4.79 Å². The largest absolute Gasteiger partial charge is 0.295 e. The predicted octanol–water partition coefficient (Wildman–Crippen LogP) is 3.27. The van der Waals surface area contributed by atoms with Gasteiger partial charge < -0.3 is 0 Å². The zero-order valence-electron chi connectivity index (χ0n) is 11.8. The Morgan fingerprint density at radius 1 is 1.27 bits per heavy atom. The highest BCUT2D eigenvalue weighted by Crippen LogP contribution is 2.14. The first kappa shape index (κ1) is 14.3. The number of nitrogens with one attached hydrogen (secondary N) is 1. The maximum absolute atomic E-state index is 12.5. The Labute approximate surface area is 131 Å². The molecule has 0 fully saturated rings. The van der Waals surface area contributed by atoms with Gasteiger partial charge in [0.15, 0.2) is 5.82 Å². The van der Waals surface area contributed by atoms with Gasteiger partial charge in [0.2, 0.25) is 0 Å². The van der Waals surface area contributed by atoms with Gasteiger partial charge in [-0.1, -0.05) is 23.7 Å². The summed E-state index contributed by atoms with van der Waals surface area (Å²) in [5.41, 5.74) is 1.72. The van der Waals surface area contributed by atoms with Crippen LogP contribution in [0.25, 0.3) is 5.69 Å². The number of hydrogen-bond donors (Lipinski definition) is 1. The molecule has 0 aliphatic rings. The van der Waals surface area contributed by atoms with Gasteiger partial charge in [-0.25, -0.2) is 14.7 Å². The molecule has 0 radical (unpaired) electrons. The van der Waals surface area contributed by atoms with Crippen molar-refractivity contribution in [2.75, 3.05) is 0 Å². The van der Waals surface area contributed by atoms with Crippen molar-refractivity contribution < 1.29 is 0 Å². The van der Waals surface area contributed by atoms with Crippen LogP contribution in [0.2, 0.25) is 5.02 Å². The van der Waals surface area contributed by atoms with Crippen LogP contribution in [0.4, 0.5) is 5.82 Å². The van der Waals surface area contributed by atoms with Crippen LogP contribution in [0.5, 0.6) is 0 Å². The van der Waals surface area contributed by atoms with E-state index in [1.54, 1.807) is 30.5 Å². The number of aliphatic imine (C=N–C) groups is 1. The van der Waals surface area contributed by atoms with Crippen molar-refractivity contribution >= 4 is 23.6 Å². The van der Waals surface area contributed by atoms with Gasteiger partial charge in [-0.2, -0.15) is 0 Å². The van der Waals surface area contributed by atoms with E-state index in [2.05, 4.69) is 15.1 Å². The second kappa shape index (κ2) is 5.99. The lowest BCUT2D eigenvalue weighted by atomic mass is 10.3. The number of pyridine rings is 1. The monoisotopic (exact) mass is 312 g/mol. The van der Waals surface area contributed by atoms with Crippen LogP contribution in [0.1, 0.15) is 11.3 Å². The van der Waals surface area contributed by atoms with E-state index in [-0.39, 0.29) is 5.56 Å². The second-order valence-electron chi connectivity index (χ2n) is 4.72. The molecule has 3 aromatic rings. The number of aromatic nitrogens is 3. The summed E-state index contributed by atoms with van der Waals surface area (Å²) in [5.74, 6) is 0.553. The molecule has 2 aromatic heterocycles. The van der Waals surface area contributed by atoms with Crippen molar-refractivity contribution in [1.29, 1.82) is 0 Å². The summed E-state index contributed by atoms with van der Waals surface area (Å²) in [7, 11) is 0. The minimum absolute atomic E-state index is 0.181. The molecule has 0 aliphatic carbocycles. The molecule has 0 atom stereocenters. The standard InChI is InChI=1S/C16H13ClN4O/c1-11-14(10-19-15-7-2-3-8-18-15)16(22)21(20-11)13-6-4-5-12(17)9-13/h2-10,20H,1H3/b19-10+. The average molecular weight is 313 g/mol. The molecule has 0 saturated heterocycles. The maximum atomic E-state index is 12.5. The Morgan fingerprint density at radius 3 is 2.86 bits per heavy atom. The van der Waals surface area contributed by atoms with E-state index in [0.717, 1.165) is 5.69 Å². The smallest absolute Gasteiger partial charge is 0.280 e. The highest BCUT2D eigenvalue weighted by molar-refractivity contribution is 6.30. The minimum Gasteiger partial charge on any atom is -0.295 e. The molecule has 0 aliphatic heterocycles. The van der Waals surface area contributed by atoms with E-state index in [1.165, 1.54) is 10.9 Å². The first-order valence-electron chi connectivity index (χ1n) is 6.68. The summed E-state index contributed by atoms with van der Waals surface area (Å²) < 4.78 is 1.45. The Hall–Kier alpha value is -2.66. The quantitative estimate of drug-likeness (QED) is 0.754. The number of hydrogen-bond acceptors (Lipinski definition) is 3. The molecule has 22 heavy (non-hydrogen) atoms. The SMILES string of the molecule is Cc1[nH]n(-c2cccc(Cl)c2)c(=O)c1/C=N/c1ccccn1. The molecule has 1 aromatic carbocycles. The van der Waals surface area contributed by atoms with Crippen LogP contribution >= 0.6 is 11.6 Å². The Morgan fingerprint density at radius 2 is 2.14 bits per heavy atom. The summed E-state index contributed by atoms with van der Waals surface area (Å²) in [6.07, 6.45) is 3.18. The van der Waals surface area contributed by atoms with Crippen molar-refractivity contribution in [3.05, 3.63) is 75.3 Å². The van der Waals surface area contributed by atoms with E-state index in [0.29, 0.717) is 22.1 Å². The molecule has 0 bridgehead atoms. The van der Waals surface area contributed by atoms with Crippen LogP contribution in [-0.2, 0) is 0 Å². The van der Waals surface area contributed by atoms with Crippen LogP contribution in [0.15, 0.2) is 58.4 Å². The van der Waals surface area contributed by atoms with Gasteiger partial charge in [-0.05, 0) is 37.3 Å². The fourth-order valence-corrected chi connectivity index (χ4v) is 2.25. The zero-order chi connectivity index (χ0) is 15.5. The molecule has 0 saturated carbocycles. The summed E-state index contributed by atoms with van der Waals surface area (Å²) >= 11 is 5.97. The molecule has 0 unspecified atom stereocenters. The van der Waals surface area contributed by atoms with Crippen molar-refractivity contribution in [2.45, 2.75) is 6.92 Å². The highest BCUT2D eigenvalue weighted by atomic mass is 35.5. The molecule has 5 nitrogen and oxygen atoms in total. The summed E-state index contributed by atoms with van der Waals surface area (Å²) in [6, 6.07) is 12.5. The van der Waals surface area contributed by atoms with E-state index in [4.69, 9.17) is 11.6 Å². The third-order valence-corrected chi connectivity index (χ3v) is 3.39. The molecule has 6 heteroatoms. The number of halogens is 1. The lowest BCUT2D eigenvalue weighted by Crippen LogP contribution is -2.17. The summed E-state index contributed by atoms with van der Waals surface area (Å²) in [6.45, 7) is 1.82. The van der Waals surface area contributed by atoms with Crippen LogP contribution < -0.4 is 5.56 Å². The van der Waals surface area contributed by atoms with Gasteiger partial charge in [0.1, 0.15) is 0 Å². The predicted molar refractivity (Wildman–Crippen MR) is 87.6 cm³/mol. The second-order valence-corrected chi connectivity index (χ2v) is 5.15. The molecule has 3 rings (SSSR count). The number of H-pyrrole nitrogens is 1. The Kier molecular flexibility index (Phi) is 3.89. The summed E-state index contributed by atoms with van der Waals surface area (Å²) in [4.78, 5) is 20.8. The lowest BCUT2D eigenvalue weighted by Gasteiger charge is -2.01. The average Bonchev–Trinajstić information content (AvgIpc) is 2.81. The van der Waals surface area contributed by atoms with E-state index < -0.39 is 0 Å².